The number of amides is 1. The first-order valence-corrected chi connectivity index (χ1v) is 6.81. The molecule has 1 aromatic carbocycles. The lowest BCUT2D eigenvalue weighted by molar-refractivity contribution is -0.137. The van der Waals surface area contributed by atoms with Gasteiger partial charge < -0.3 is 10.1 Å². The van der Waals surface area contributed by atoms with E-state index in [-0.39, 0.29) is 12.0 Å². The highest BCUT2D eigenvalue weighted by molar-refractivity contribution is 5.79. The van der Waals surface area contributed by atoms with Crippen LogP contribution in [0.5, 0.6) is 0 Å². The third-order valence-electron chi connectivity index (χ3n) is 3.56. The van der Waals surface area contributed by atoms with Crippen LogP contribution in [0, 0.1) is 11.3 Å². The number of benzene rings is 1. The number of nitrogens with one attached hydrogen (secondary N) is 1. The maximum atomic E-state index is 12.6. The number of nitriles is 1. The fraction of sp³-hybridized carbons (Fsp3) is 0.467. The smallest absolute Gasteiger partial charge is 0.381 e. The molecule has 0 radical (unpaired) electrons. The first-order chi connectivity index (χ1) is 10.3. The number of carbonyl (C=O) groups is 1. The van der Waals surface area contributed by atoms with Crippen molar-refractivity contribution in [3.8, 4) is 6.07 Å². The Labute approximate surface area is 125 Å². The molecule has 0 unspecified atom stereocenters. The second kappa shape index (κ2) is 6.36. The number of rotatable bonds is 3. The summed E-state index contributed by atoms with van der Waals surface area (Å²) >= 11 is 0. The molecule has 1 saturated heterocycles. The van der Waals surface area contributed by atoms with Gasteiger partial charge in [0.15, 0.2) is 0 Å². The lowest BCUT2D eigenvalue weighted by Crippen LogP contribution is -2.51. The summed E-state index contributed by atoms with van der Waals surface area (Å²) in [6.45, 7) is 0.745. The Morgan fingerprint density at radius 1 is 1.36 bits per heavy atom. The summed E-state index contributed by atoms with van der Waals surface area (Å²) in [7, 11) is 0. The van der Waals surface area contributed by atoms with Crippen LogP contribution in [-0.2, 0) is 22.1 Å². The molecule has 1 aliphatic heterocycles. The van der Waals surface area contributed by atoms with Crippen molar-refractivity contribution in [1.82, 2.24) is 5.32 Å². The zero-order valence-electron chi connectivity index (χ0n) is 11.7. The van der Waals surface area contributed by atoms with E-state index in [9.17, 15) is 23.2 Å². The molecule has 1 fully saturated rings. The molecular weight excluding hydrogens is 297 g/mol. The standard InChI is InChI=1S/C15H15F3N2O2/c16-15(17,18)12-3-1-2-11(8-12)9-13(21)20-14(10-19)4-6-22-7-5-14/h1-3,8H,4-7,9H2,(H,20,21). The van der Waals surface area contributed by atoms with E-state index in [1.54, 1.807) is 0 Å². The predicted molar refractivity (Wildman–Crippen MR) is 71.7 cm³/mol. The molecule has 1 heterocycles. The number of hydrogen-bond acceptors (Lipinski definition) is 3. The van der Waals surface area contributed by atoms with Crippen molar-refractivity contribution < 1.29 is 22.7 Å². The summed E-state index contributed by atoms with van der Waals surface area (Å²) in [5.41, 5.74) is -1.52. The number of alkyl halides is 3. The van der Waals surface area contributed by atoms with E-state index in [1.165, 1.54) is 12.1 Å². The molecule has 0 aliphatic carbocycles. The average Bonchev–Trinajstić information content (AvgIpc) is 2.47. The number of nitrogens with zero attached hydrogens (tertiary/aromatic N) is 1. The first kappa shape index (κ1) is 16.3. The molecule has 0 atom stereocenters. The minimum Gasteiger partial charge on any atom is -0.381 e. The summed E-state index contributed by atoms with van der Waals surface area (Å²) in [6.07, 6.45) is -3.90. The number of ether oxygens (including phenoxy) is 1. The molecule has 1 aromatic rings. The Balaban J connectivity index is 2.05. The third-order valence-corrected chi connectivity index (χ3v) is 3.56. The van der Waals surface area contributed by atoms with Gasteiger partial charge in [0, 0.05) is 26.1 Å². The predicted octanol–water partition coefficient (Wildman–Crippen LogP) is 2.44. The van der Waals surface area contributed by atoms with Gasteiger partial charge in [0.05, 0.1) is 18.1 Å². The maximum absolute atomic E-state index is 12.6. The molecule has 1 N–H and O–H groups in total. The monoisotopic (exact) mass is 312 g/mol. The van der Waals surface area contributed by atoms with Gasteiger partial charge in [-0.15, -0.1) is 0 Å². The molecule has 118 valence electrons. The van der Waals surface area contributed by atoms with Crippen molar-refractivity contribution in [1.29, 1.82) is 5.26 Å². The van der Waals surface area contributed by atoms with Crippen molar-refractivity contribution >= 4 is 5.91 Å². The van der Waals surface area contributed by atoms with E-state index in [0.29, 0.717) is 26.1 Å². The van der Waals surface area contributed by atoms with Crippen LogP contribution >= 0.6 is 0 Å². The SMILES string of the molecule is N#CC1(NC(=O)Cc2cccc(C(F)(F)F)c2)CCOCC1. The Morgan fingerprint density at radius 3 is 2.64 bits per heavy atom. The van der Waals surface area contributed by atoms with Crippen LogP contribution in [-0.4, -0.2) is 24.7 Å². The Morgan fingerprint density at radius 2 is 2.05 bits per heavy atom. The second-order valence-corrected chi connectivity index (χ2v) is 5.23. The van der Waals surface area contributed by atoms with Crippen molar-refractivity contribution in [3.05, 3.63) is 35.4 Å². The topological polar surface area (TPSA) is 62.1 Å². The summed E-state index contributed by atoms with van der Waals surface area (Å²) in [5, 5.41) is 11.9. The normalized spacial score (nSPS) is 17.5. The van der Waals surface area contributed by atoms with E-state index in [4.69, 9.17) is 4.74 Å². The number of halogens is 3. The van der Waals surface area contributed by atoms with Crippen LogP contribution in [0.15, 0.2) is 24.3 Å². The van der Waals surface area contributed by atoms with Gasteiger partial charge in [-0.3, -0.25) is 4.79 Å². The molecule has 7 heteroatoms. The van der Waals surface area contributed by atoms with Gasteiger partial charge in [-0.05, 0) is 11.6 Å². The van der Waals surface area contributed by atoms with Gasteiger partial charge in [-0.2, -0.15) is 18.4 Å². The van der Waals surface area contributed by atoms with Gasteiger partial charge in [0.1, 0.15) is 5.54 Å². The molecule has 4 nitrogen and oxygen atoms in total. The highest BCUT2D eigenvalue weighted by atomic mass is 19.4. The molecule has 22 heavy (non-hydrogen) atoms. The van der Waals surface area contributed by atoms with E-state index < -0.39 is 23.2 Å². The minimum atomic E-state index is -4.44. The molecule has 0 aromatic heterocycles. The summed E-state index contributed by atoms with van der Waals surface area (Å²) in [4.78, 5) is 12.0. The molecule has 1 amide bonds. The van der Waals surface area contributed by atoms with Crippen LogP contribution in [0.3, 0.4) is 0 Å². The van der Waals surface area contributed by atoms with Crippen molar-refractivity contribution in [2.75, 3.05) is 13.2 Å². The third kappa shape index (κ3) is 3.98. The Hall–Kier alpha value is -2.07. The second-order valence-electron chi connectivity index (χ2n) is 5.23. The van der Waals surface area contributed by atoms with Crippen molar-refractivity contribution in [2.45, 2.75) is 31.0 Å². The Kier molecular flexibility index (Phi) is 4.71. The zero-order valence-corrected chi connectivity index (χ0v) is 11.7. The van der Waals surface area contributed by atoms with Crippen LogP contribution < -0.4 is 5.32 Å². The summed E-state index contributed by atoms with van der Waals surface area (Å²) in [5.74, 6) is -0.470. The molecule has 0 bridgehead atoms. The molecule has 2 rings (SSSR count). The van der Waals surface area contributed by atoms with Gasteiger partial charge >= 0.3 is 6.18 Å². The Bertz CT molecular complexity index is 587. The van der Waals surface area contributed by atoms with E-state index in [2.05, 4.69) is 11.4 Å². The van der Waals surface area contributed by atoms with Crippen LogP contribution in [0.25, 0.3) is 0 Å². The van der Waals surface area contributed by atoms with Crippen LogP contribution in [0.2, 0.25) is 0 Å². The maximum Gasteiger partial charge on any atom is 0.416 e. The van der Waals surface area contributed by atoms with Crippen molar-refractivity contribution in [3.63, 3.8) is 0 Å². The van der Waals surface area contributed by atoms with Crippen molar-refractivity contribution in [2.24, 2.45) is 0 Å². The minimum absolute atomic E-state index is 0.200. The number of carbonyl (C=O) groups excluding carboxylic acids is 1. The summed E-state index contributed by atoms with van der Waals surface area (Å²) < 4.78 is 43.1. The molecular formula is C15H15F3N2O2. The fourth-order valence-corrected chi connectivity index (χ4v) is 2.34. The van der Waals surface area contributed by atoms with Crippen LogP contribution in [0.1, 0.15) is 24.0 Å². The van der Waals surface area contributed by atoms with Gasteiger partial charge in [-0.1, -0.05) is 18.2 Å². The molecule has 1 aliphatic rings. The zero-order chi connectivity index (χ0) is 16.2. The lowest BCUT2D eigenvalue weighted by Gasteiger charge is -2.31. The van der Waals surface area contributed by atoms with Crippen LogP contribution in [0.4, 0.5) is 13.2 Å². The highest BCUT2D eigenvalue weighted by Crippen LogP contribution is 2.29. The largest absolute Gasteiger partial charge is 0.416 e. The van der Waals surface area contributed by atoms with E-state index >= 15 is 0 Å². The van der Waals surface area contributed by atoms with E-state index in [0.717, 1.165) is 12.1 Å². The average molecular weight is 312 g/mol. The fourth-order valence-electron chi connectivity index (χ4n) is 2.34. The van der Waals surface area contributed by atoms with E-state index in [1.807, 2.05) is 0 Å². The first-order valence-electron chi connectivity index (χ1n) is 6.81. The lowest BCUT2D eigenvalue weighted by atomic mass is 9.91. The van der Waals surface area contributed by atoms with Gasteiger partial charge in [0.25, 0.3) is 0 Å². The highest BCUT2D eigenvalue weighted by Gasteiger charge is 2.34. The molecule has 0 spiro atoms. The van der Waals surface area contributed by atoms with Gasteiger partial charge in [0.2, 0.25) is 5.91 Å². The molecule has 0 saturated carbocycles. The quantitative estimate of drug-likeness (QED) is 0.932. The van der Waals surface area contributed by atoms with Gasteiger partial charge in [-0.25, -0.2) is 0 Å². The summed E-state index contributed by atoms with van der Waals surface area (Å²) in [6, 6.07) is 6.70. The number of hydrogen-bond donors (Lipinski definition) is 1.